The van der Waals surface area contributed by atoms with E-state index in [-0.39, 0.29) is 11.5 Å². The molecular formula is C14H22B8N4O3. The summed E-state index contributed by atoms with van der Waals surface area (Å²) in [6, 6.07) is 0. The SMILES string of the molecule is Bc1c(B)c(N)c2c(=O)n(C3(B)C(=O)NC(=O)C(B)(B)C3(B)B)c(C)nc2c1B. The molecule has 0 radical (unpaired) electrons. The molecule has 1 fully saturated rings. The van der Waals surface area contributed by atoms with Crippen molar-refractivity contribution in [2.75, 3.05) is 5.73 Å². The highest BCUT2D eigenvalue weighted by atomic mass is 16.2. The average Bonchev–Trinajstić information content (AvgIpc) is 2.62. The highest BCUT2D eigenvalue weighted by molar-refractivity contribution is 6.66. The van der Waals surface area contributed by atoms with Crippen molar-refractivity contribution >= 4 is 108 Å². The van der Waals surface area contributed by atoms with Crippen LogP contribution in [-0.4, -0.2) is 84.1 Å². The molecule has 3 rings (SSSR count). The largest absolute Gasteiger partial charge is 0.398 e. The molecule has 140 valence electrons. The molecule has 1 aliphatic rings. The minimum atomic E-state index is -1.34. The van der Waals surface area contributed by atoms with Gasteiger partial charge in [-0.1, -0.05) is 21.6 Å². The molecule has 1 aromatic carbocycles. The molecule has 1 unspecified atom stereocenters. The number of nitrogens with one attached hydrogen (secondary N) is 1. The molecule has 2 amide bonds. The predicted molar refractivity (Wildman–Crippen MR) is 139 cm³/mol. The molecule has 15 heteroatoms. The Bertz CT molecular complexity index is 1180. The van der Waals surface area contributed by atoms with Crippen molar-refractivity contribution in [3.63, 3.8) is 0 Å². The quantitative estimate of drug-likeness (QED) is 0.290. The van der Waals surface area contributed by atoms with Crippen LogP contribution in [0.15, 0.2) is 4.79 Å². The third kappa shape index (κ3) is 2.42. The number of imide groups is 1. The second-order valence-electron chi connectivity index (χ2n) is 9.42. The summed E-state index contributed by atoms with van der Waals surface area (Å²) < 4.78 is 1.42. The number of piperidine rings is 1. The number of hydrogen-bond donors (Lipinski definition) is 2. The Kier molecular flexibility index (Phi) is 4.57. The number of aryl methyl sites for hydroxylation is 1. The standard InChI is InChI=1S/C14H22B8N4O3/c1-2-24-8-3(7(23)5(16)4(15)6(8)17)9(27)26(2)13(20)11(29)25-10(28)12(18,19)14(13,21)22/h15-23H2,1H3,(H,25,28,29). The van der Waals surface area contributed by atoms with Crippen LogP contribution in [0.1, 0.15) is 5.82 Å². The third-order valence-corrected chi connectivity index (χ3v) is 7.87. The van der Waals surface area contributed by atoms with Gasteiger partial charge >= 0.3 is 0 Å². The maximum atomic E-state index is 13.8. The molecule has 3 N–H and O–H groups in total. The predicted octanol–water partition coefficient (Wildman–Crippen LogP) is -10.2. The van der Waals surface area contributed by atoms with Crippen molar-refractivity contribution < 1.29 is 9.59 Å². The number of amides is 2. The lowest BCUT2D eigenvalue weighted by Crippen LogP contribution is -2.71. The van der Waals surface area contributed by atoms with Crippen LogP contribution in [0.4, 0.5) is 5.69 Å². The molecule has 0 bridgehead atoms. The Balaban J connectivity index is 2.52. The molecule has 1 atom stereocenters. The molecule has 1 saturated heterocycles. The van der Waals surface area contributed by atoms with Crippen molar-refractivity contribution in [1.82, 2.24) is 14.9 Å². The smallest absolute Gasteiger partial charge is 0.263 e. The van der Waals surface area contributed by atoms with Crippen molar-refractivity contribution in [2.24, 2.45) is 0 Å². The van der Waals surface area contributed by atoms with E-state index in [9.17, 15) is 14.4 Å². The Morgan fingerprint density at radius 2 is 1.48 bits per heavy atom. The highest BCUT2D eigenvalue weighted by Gasteiger charge is 2.62. The first-order valence-corrected chi connectivity index (χ1v) is 9.77. The van der Waals surface area contributed by atoms with Crippen LogP contribution < -0.4 is 33.0 Å². The van der Waals surface area contributed by atoms with E-state index in [1.165, 1.54) is 4.57 Å². The number of nitrogen functional groups attached to an aromatic ring is 1. The van der Waals surface area contributed by atoms with E-state index in [1.807, 2.05) is 39.2 Å². The second-order valence-corrected chi connectivity index (χ2v) is 9.42. The van der Waals surface area contributed by atoms with Gasteiger partial charge in [-0.2, -0.15) is 0 Å². The molecule has 7 nitrogen and oxygen atoms in total. The monoisotopic (exact) mass is 382 g/mol. The van der Waals surface area contributed by atoms with Crippen LogP contribution >= 0.6 is 0 Å². The van der Waals surface area contributed by atoms with Gasteiger partial charge in [0.15, 0.2) is 0 Å². The van der Waals surface area contributed by atoms with Gasteiger partial charge in [-0.15, -0.1) is 0 Å². The Morgan fingerprint density at radius 3 is 2.03 bits per heavy atom. The number of anilines is 1. The van der Waals surface area contributed by atoms with Crippen molar-refractivity contribution in [3.8, 4) is 0 Å². The summed E-state index contributed by atoms with van der Waals surface area (Å²) in [5.74, 6) is -0.465. The summed E-state index contributed by atoms with van der Waals surface area (Å²) in [4.78, 5) is 44.3. The molecular weight excluding hydrogens is 359 g/mol. The number of benzene rings is 1. The van der Waals surface area contributed by atoms with Crippen LogP contribution in [0, 0.1) is 6.92 Å². The molecule has 0 aliphatic carbocycles. The second kappa shape index (κ2) is 6.16. The van der Waals surface area contributed by atoms with Gasteiger partial charge in [0, 0.05) is 5.69 Å². The summed E-state index contributed by atoms with van der Waals surface area (Å²) in [7, 11) is 14.7. The molecule has 1 aromatic heterocycles. The number of fused-ring (bicyclic) bond motifs is 1. The van der Waals surface area contributed by atoms with Crippen LogP contribution in [-0.2, 0) is 15.0 Å². The lowest BCUT2D eigenvalue weighted by Gasteiger charge is -2.56. The fraction of sp³-hybridized carbons (Fsp3) is 0.286. The summed E-state index contributed by atoms with van der Waals surface area (Å²) in [6.45, 7) is 1.71. The maximum absolute atomic E-state index is 13.8. The molecule has 29 heavy (non-hydrogen) atoms. The molecule has 1 aliphatic heterocycles. The first-order chi connectivity index (χ1) is 13.1. The van der Waals surface area contributed by atoms with Crippen LogP contribution in [0.5, 0.6) is 0 Å². The number of nitrogens with zero attached hydrogens (tertiary/aromatic N) is 2. The summed E-state index contributed by atoms with van der Waals surface area (Å²) in [5, 5.41) is 0.998. The van der Waals surface area contributed by atoms with Gasteiger partial charge in [-0.05, 0) is 12.1 Å². The van der Waals surface area contributed by atoms with Crippen LogP contribution in [0.3, 0.4) is 0 Å². The Labute approximate surface area is 177 Å². The zero-order valence-corrected chi connectivity index (χ0v) is 18.7. The van der Waals surface area contributed by atoms with Gasteiger partial charge in [0.1, 0.15) is 68.6 Å². The molecule has 2 heterocycles. The van der Waals surface area contributed by atoms with Gasteiger partial charge in [-0.25, -0.2) is 4.98 Å². The van der Waals surface area contributed by atoms with E-state index in [0.29, 0.717) is 22.4 Å². The molecule has 0 spiro atoms. The zero-order valence-electron chi connectivity index (χ0n) is 18.7. The number of carbonyl (C=O) groups excluding carboxylic acids is 2. The van der Waals surface area contributed by atoms with E-state index in [1.54, 1.807) is 30.5 Å². The lowest BCUT2D eigenvalue weighted by atomic mass is 9.21. The van der Waals surface area contributed by atoms with Crippen molar-refractivity contribution in [3.05, 3.63) is 16.2 Å². The fourth-order valence-corrected chi connectivity index (χ4v) is 4.46. The van der Waals surface area contributed by atoms with E-state index >= 15 is 0 Å². The molecule has 2 aromatic rings. The van der Waals surface area contributed by atoms with Crippen LogP contribution in [0.25, 0.3) is 10.9 Å². The minimum absolute atomic E-state index is 0.315. The lowest BCUT2D eigenvalue weighted by molar-refractivity contribution is -0.139. The van der Waals surface area contributed by atoms with Gasteiger partial charge < -0.3 is 5.73 Å². The topological polar surface area (TPSA) is 107 Å². The van der Waals surface area contributed by atoms with Crippen LogP contribution in [0.2, 0.25) is 10.4 Å². The van der Waals surface area contributed by atoms with E-state index in [0.717, 1.165) is 16.4 Å². The molecule has 0 saturated carbocycles. The van der Waals surface area contributed by atoms with E-state index < -0.39 is 21.8 Å². The number of carbonyl (C=O) groups is 2. The maximum Gasteiger partial charge on any atom is 0.263 e. The van der Waals surface area contributed by atoms with Crippen molar-refractivity contribution in [2.45, 2.75) is 22.8 Å². The number of rotatable bonds is 1. The first kappa shape index (κ1) is 21.5. The van der Waals surface area contributed by atoms with Gasteiger partial charge in [0.05, 0.1) is 16.3 Å². The highest BCUT2D eigenvalue weighted by Crippen LogP contribution is 2.54. The summed E-state index contributed by atoms with van der Waals surface area (Å²) >= 11 is 0. The van der Waals surface area contributed by atoms with E-state index in [4.69, 9.17) is 10.7 Å². The van der Waals surface area contributed by atoms with Crippen molar-refractivity contribution in [1.29, 1.82) is 0 Å². The number of aromatic nitrogens is 2. The van der Waals surface area contributed by atoms with Gasteiger partial charge in [0.2, 0.25) is 11.8 Å². The number of hydrogen-bond acceptors (Lipinski definition) is 5. The van der Waals surface area contributed by atoms with Gasteiger partial charge in [0.25, 0.3) is 5.56 Å². The average molecular weight is 381 g/mol. The summed E-state index contributed by atoms with van der Waals surface area (Å²) in [6.07, 6.45) is 0. The third-order valence-electron chi connectivity index (χ3n) is 7.87. The van der Waals surface area contributed by atoms with E-state index in [2.05, 4.69) is 5.32 Å². The number of nitrogens with two attached hydrogens (primary N) is 1. The first-order valence-electron chi connectivity index (χ1n) is 9.77. The fourth-order valence-electron chi connectivity index (χ4n) is 4.46. The Hall–Kier alpha value is -2.18. The normalized spacial score (nSPS) is 23.1. The van der Waals surface area contributed by atoms with Gasteiger partial charge in [-0.3, -0.25) is 24.3 Å². The zero-order chi connectivity index (χ0) is 22.3. The summed E-state index contributed by atoms with van der Waals surface area (Å²) in [5.41, 5.74) is 8.29. The minimum Gasteiger partial charge on any atom is -0.398 e. The Morgan fingerprint density at radius 1 is 0.931 bits per heavy atom.